The van der Waals surface area contributed by atoms with E-state index in [1.54, 1.807) is 16.9 Å². The van der Waals surface area contributed by atoms with Gasteiger partial charge in [-0.25, -0.2) is 0 Å². The van der Waals surface area contributed by atoms with E-state index in [1.807, 2.05) is 68.5 Å². The second kappa shape index (κ2) is 10.1. The zero-order valence-electron chi connectivity index (χ0n) is 22.6. The smallest absolute Gasteiger partial charge is 0.264 e. The van der Waals surface area contributed by atoms with E-state index in [0.717, 1.165) is 29.7 Å². The highest BCUT2D eigenvalue weighted by molar-refractivity contribution is 6.71. The molecule has 0 bridgehead atoms. The number of ether oxygens (including phenoxy) is 2. The van der Waals surface area contributed by atoms with E-state index in [4.69, 9.17) is 9.47 Å². The molecule has 3 heterocycles. The maximum absolute atomic E-state index is 14.4. The number of anilines is 1. The molecular formula is C29H38N2O6Si. The number of methoxy groups -OCH3 is 1. The maximum atomic E-state index is 14.4. The molecule has 9 heteroatoms. The molecule has 2 amide bonds. The third-order valence-electron chi connectivity index (χ3n) is 8.66. The third kappa shape index (κ3) is 4.35. The van der Waals surface area contributed by atoms with Crippen LogP contribution in [0.4, 0.5) is 5.69 Å². The van der Waals surface area contributed by atoms with Crippen LogP contribution in [0.15, 0.2) is 48.5 Å². The van der Waals surface area contributed by atoms with Crippen LogP contribution in [-0.2, 0) is 26.5 Å². The van der Waals surface area contributed by atoms with Crippen molar-refractivity contribution < 1.29 is 29.0 Å². The minimum absolute atomic E-state index is 0.0650. The normalized spacial score (nSPS) is 28.8. The van der Waals surface area contributed by atoms with Gasteiger partial charge in [0.2, 0.25) is 5.91 Å². The fourth-order valence-corrected chi connectivity index (χ4v) is 9.50. The average Bonchev–Trinajstić information content (AvgIpc) is 3.55. The van der Waals surface area contributed by atoms with Crippen LogP contribution in [0, 0.1) is 5.92 Å². The minimum Gasteiger partial charge on any atom is -0.497 e. The summed E-state index contributed by atoms with van der Waals surface area (Å²) in [7, 11) is -1.30. The Morgan fingerprint density at radius 1 is 1.21 bits per heavy atom. The molecule has 0 aromatic heterocycles. The van der Waals surface area contributed by atoms with E-state index in [2.05, 4.69) is 0 Å². The first-order valence-electron chi connectivity index (χ1n) is 13.5. The first-order valence-corrected chi connectivity index (χ1v) is 16.5. The Labute approximate surface area is 225 Å². The first kappa shape index (κ1) is 26.9. The molecule has 2 fully saturated rings. The number of amides is 2. The van der Waals surface area contributed by atoms with E-state index >= 15 is 0 Å². The molecule has 5 atom stereocenters. The Morgan fingerprint density at radius 3 is 2.61 bits per heavy atom. The third-order valence-corrected chi connectivity index (χ3v) is 11.2. The lowest BCUT2D eigenvalue weighted by molar-refractivity contribution is -0.150. The van der Waals surface area contributed by atoms with E-state index < -0.39 is 20.0 Å². The lowest BCUT2D eigenvalue weighted by atomic mass is 9.82. The molecule has 0 saturated carbocycles. The van der Waals surface area contributed by atoms with Crippen molar-refractivity contribution in [3.05, 3.63) is 59.7 Å². The molecule has 204 valence electrons. The number of aliphatic hydroxyl groups excluding tert-OH is 1. The maximum Gasteiger partial charge on any atom is 0.264 e. The van der Waals surface area contributed by atoms with Crippen LogP contribution >= 0.6 is 0 Å². The summed E-state index contributed by atoms with van der Waals surface area (Å²) in [5.74, 6) is -0.0211. The van der Waals surface area contributed by atoms with Crippen molar-refractivity contribution in [1.29, 1.82) is 0 Å². The van der Waals surface area contributed by atoms with Crippen LogP contribution in [0.25, 0.3) is 0 Å². The molecule has 0 unspecified atom stereocenters. The van der Waals surface area contributed by atoms with Gasteiger partial charge in [0.1, 0.15) is 5.75 Å². The van der Waals surface area contributed by atoms with Gasteiger partial charge in [-0.3, -0.25) is 9.59 Å². The summed E-state index contributed by atoms with van der Waals surface area (Å²) in [6.45, 7) is 6.60. The molecule has 8 nitrogen and oxygen atoms in total. The van der Waals surface area contributed by atoms with Gasteiger partial charge in [-0.2, -0.15) is 0 Å². The summed E-state index contributed by atoms with van der Waals surface area (Å²) in [6, 6.07) is 15.2. The largest absolute Gasteiger partial charge is 0.497 e. The van der Waals surface area contributed by atoms with Crippen molar-refractivity contribution in [1.82, 2.24) is 4.90 Å². The first-order chi connectivity index (χ1) is 18.1. The predicted octanol–water partition coefficient (Wildman–Crippen LogP) is 3.41. The van der Waals surface area contributed by atoms with Gasteiger partial charge in [-0.15, -0.1) is 0 Å². The second-order valence-corrected chi connectivity index (χ2v) is 15.4. The summed E-state index contributed by atoms with van der Waals surface area (Å²) in [5.41, 5.74) is 0.797. The number of aliphatic hydroxyl groups is 1. The lowest BCUT2D eigenvalue weighted by Crippen LogP contribution is -2.46. The topological polar surface area (TPSA) is 99.5 Å². The number of nitrogens with zero attached hydrogens (tertiary/aromatic N) is 2. The quantitative estimate of drug-likeness (QED) is 0.524. The predicted molar refractivity (Wildman–Crippen MR) is 146 cm³/mol. The monoisotopic (exact) mass is 538 g/mol. The molecule has 3 aliphatic rings. The highest BCUT2D eigenvalue weighted by Gasteiger charge is 2.66. The SMILES string of the molecule is COc1ccc2c(c1)[C@@]1(O[C@H](CC(=O)N3CCC[C@H]3CO)[C@@H]([Si](C)(C)O)[C@@H]1C)C(=O)N2Cc1ccccc1. The van der Waals surface area contributed by atoms with Crippen molar-refractivity contribution in [2.24, 2.45) is 5.92 Å². The fraction of sp³-hybridized carbons (Fsp3) is 0.517. The number of likely N-dealkylation sites (tertiary alicyclic amines) is 1. The summed E-state index contributed by atoms with van der Waals surface area (Å²) in [6.07, 6.45) is 1.07. The molecule has 0 aliphatic carbocycles. The number of carbonyl (C=O) groups excluding carboxylic acids is 2. The van der Waals surface area contributed by atoms with Gasteiger partial charge in [0, 0.05) is 23.6 Å². The molecule has 5 rings (SSSR count). The molecule has 1 spiro atoms. The van der Waals surface area contributed by atoms with Crippen molar-refractivity contribution in [2.45, 2.75) is 69.1 Å². The summed E-state index contributed by atoms with van der Waals surface area (Å²) >= 11 is 0. The zero-order valence-corrected chi connectivity index (χ0v) is 23.6. The highest BCUT2D eigenvalue weighted by atomic mass is 28.4. The van der Waals surface area contributed by atoms with Crippen molar-refractivity contribution in [2.75, 3.05) is 25.2 Å². The molecule has 3 aliphatic heterocycles. The average molecular weight is 539 g/mol. The van der Waals surface area contributed by atoms with Gasteiger partial charge in [-0.05, 0) is 49.7 Å². The van der Waals surface area contributed by atoms with Crippen LogP contribution in [0.3, 0.4) is 0 Å². The van der Waals surface area contributed by atoms with Gasteiger partial charge in [-0.1, -0.05) is 37.3 Å². The second-order valence-electron chi connectivity index (χ2n) is 11.4. The number of hydrogen-bond donors (Lipinski definition) is 2. The summed E-state index contributed by atoms with van der Waals surface area (Å²) < 4.78 is 12.3. The van der Waals surface area contributed by atoms with Gasteiger partial charge < -0.3 is 29.2 Å². The molecule has 2 N–H and O–H groups in total. The van der Waals surface area contributed by atoms with Crippen LogP contribution in [-0.4, -0.2) is 67.3 Å². The van der Waals surface area contributed by atoms with Crippen LogP contribution in [0.5, 0.6) is 5.75 Å². The van der Waals surface area contributed by atoms with E-state index in [0.29, 0.717) is 18.8 Å². The Hall–Kier alpha value is -2.72. The van der Waals surface area contributed by atoms with E-state index in [-0.39, 0.29) is 42.3 Å². The summed E-state index contributed by atoms with van der Waals surface area (Å²) in [4.78, 5) is 42.8. The van der Waals surface area contributed by atoms with Crippen molar-refractivity contribution in [3.63, 3.8) is 0 Å². The Morgan fingerprint density at radius 2 is 1.95 bits per heavy atom. The molecule has 2 aromatic carbocycles. The van der Waals surface area contributed by atoms with E-state index in [1.165, 1.54) is 0 Å². The molecular weight excluding hydrogens is 500 g/mol. The zero-order chi connectivity index (χ0) is 27.2. The number of fused-ring (bicyclic) bond motifs is 2. The Balaban J connectivity index is 1.55. The summed E-state index contributed by atoms with van der Waals surface area (Å²) in [5, 5.41) is 9.76. The van der Waals surface area contributed by atoms with Gasteiger partial charge in [0.05, 0.1) is 44.5 Å². The number of rotatable bonds is 7. The van der Waals surface area contributed by atoms with Crippen LogP contribution in [0.1, 0.15) is 37.3 Å². The van der Waals surface area contributed by atoms with Gasteiger partial charge in [0.15, 0.2) is 13.9 Å². The molecule has 38 heavy (non-hydrogen) atoms. The fourth-order valence-electron chi connectivity index (χ4n) is 6.95. The van der Waals surface area contributed by atoms with Gasteiger partial charge in [0.25, 0.3) is 5.91 Å². The lowest BCUT2D eigenvalue weighted by Gasteiger charge is -2.32. The van der Waals surface area contributed by atoms with E-state index in [9.17, 15) is 19.5 Å². The number of hydrogen-bond acceptors (Lipinski definition) is 6. The number of carbonyl (C=O) groups is 2. The minimum atomic E-state index is -2.89. The Kier molecular flexibility index (Phi) is 7.15. The highest BCUT2D eigenvalue weighted by Crippen LogP contribution is 2.60. The van der Waals surface area contributed by atoms with Crippen LogP contribution in [0.2, 0.25) is 18.6 Å². The van der Waals surface area contributed by atoms with Crippen LogP contribution < -0.4 is 9.64 Å². The Bertz CT molecular complexity index is 1200. The van der Waals surface area contributed by atoms with Crippen molar-refractivity contribution >= 4 is 25.8 Å². The standard InChI is InChI=1S/C29H38N2O6Si/c1-19-27(38(3,4)35)25(16-26(33)30-14-8-11-21(30)18-32)37-29(19)23-15-22(36-2)12-13-24(23)31(28(29)34)17-20-9-6-5-7-10-20/h5-7,9-10,12-13,15,19,21,25,27,32,35H,8,11,14,16-18H2,1-4H3/t19-,21-,25+,27-,29+/m0/s1. The molecule has 2 aromatic rings. The number of benzene rings is 2. The van der Waals surface area contributed by atoms with Gasteiger partial charge >= 0.3 is 0 Å². The van der Waals surface area contributed by atoms with Crippen molar-refractivity contribution in [3.8, 4) is 5.75 Å². The molecule has 0 radical (unpaired) electrons. The molecule has 2 saturated heterocycles.